The zero-order valence-electron chi connectivity index (χ0n) is 17.5. The van der Waals surface area contributed by atoms with Crippen LogP contribution in [0.5, 0.6) is 34.5 Å². The first-order chi connectivity index (χ1) is 15.1. The van der Waals surface area contributed by atoms with Gasteiger partial charge in [0.05, 0.1) is 39.7 Å². The van der Waals surface area contributed by atoms with Gasteiger partial charge in [-0.1, -0.05) is 0 Å². The minimum Gasteiger partial charge on any atom is -0.493 e. The van der Waals surface area contributed by atoms with Gasteiger partial charge in [0.25, 0.3) is 0 Å². The molecule has 0 bridgehead atoms. The van der Waals surface area contributed by atoms with E-state index in [0.717, 1.165) is 11.3 Å². The fraction of sp³-hybridized carbons (Fsp3) is 0.318. The van der Waals surface area contributed by atoms with E-state index in [9.17, 15) is 4.79 Å². The van der Waals surface area contributed by atoms with E-state index in [1.54, 1.807) is 6.07 Å². The van der Waals surface area contributed by atoms with Crippen molar-refractivity contribution in [2.75, 3.05) is 47.2 Å². The van der Waals surface area contributed by atoms with Gasteiger partial charge < -0.3 is 38.5 Å². The molecule has 9 nitrogen and oxygen atoms in total. The molecule has 1 atom stereocenters. The van der Waals surface area contributed by atoms with Gasteiger partial charge in [0.1, 0.15) is 6.61 Å². The molecule has 0 saturated heterocycles. The van der Waals surface area contributed by atoms with E-state index < -0.39 is 11.9 Å². The second-order valence-electron chi connectivity index (χ2n) is 7.09. The van der Waals surface area contributed by atoms with Crippen molar-refractivity contribution in [3.8, 4) is 34.5 Å². The Morgan fingerprint density at radius 2 is 1.55 bits per heavy atom. The predicted octanol–water partition coefficient (Wildman–Crippen LogP) is 2.82. The number of benzene rings is 2. The number of methoxy groups -OCH3 is 4. The summed E-state index contributed by atoms with van der Waals surface area (Å²) in [6.07, 6.45) is 0. The monoisotopic (exact) mass is 427 g/mol. The van der Waals surface area contributed by atoms with Crippen LogP contribution in [0.1, 0.15) is 17.0 Å². The number of nitrogens with one attached hydrogen (secondary N) is 1. The Hall–Kier alpha value is -3.75. The van der Waals surface area contributed by atoms with Crippen LogP contribution in [0.15, 0.2) is 29.5 Å². The molecular formula is C22H21NO8. The van der Waals surface area contributed by atoms with Crippen LogP contribution < -0.4 is 33.7 Å². The first kappa shape index (κ1) is 19.2. The molecule has 3 aliphatic rings. The number of hydrogen-bond donors (Lipinski definition) is 1. The normalized spacial score (nSPS) is 18.1. The Morgan fingerprint density at radius 1 is 0.839 bits per heavy atom. The molecule has 0 amide bonds. The van der Waals surface area contributed by atoms with E-state index in [1.807, 2.05) is 12.1 Å². The van der Waals surface area contributed by atoms with Gasteiger partial charge in [-0.3, -0.25) is 0 Å². The van der Waals surface area contributed by atoms with E-state index >= 15 is 0 Å². The van der Waals surface area contributed by atoms with Crippen LogP contribution >= 0.6 is 0 Å². The number of esters is 1. The van der Waals surface area contributed by atoms with E-state index in [4.69, 9.17) is 33.2 Å². The van der Waals surface area contributed by atoms with Gasteiger partial charge in [-0.15, -0.1) is 0 Å². The van der Waals surface area contributed by atoms with Crippen LogP contribution in [-0.2, 0) is 9.53 Å². The van der Waals surface area contributed by atoms with Crippen LogP contribution in [0.2, 0.25) is 0 Å². The second-order valence-corrected chi connectivity index (χ2v) is 7.09. The van der Waals surface area contributed by atoms with Crippen molar-refractivity contribution in [1.29, 1.82) is 0 Å². The van der Waals surface area contributed by atoms with Crippen LogP contribution in [-0.4, -0.2) is 47.8 Å². The summed E-state index contributed by atoms with van der Waals surface area (Å²) in [5, 5.41) is 3.31. The van der Waals surface area contributed by atoms with E-state index in [-0.39, 0.29) is 13.4 Å². The van der Waals surface area contributed by atoms with Gasteiger partial charge in [-0.2, -0.15) is 0 Å². The molecule has 0 aromatic heterocycles. The lowest BCUT2D eigenvalue weighted by Crippen LogP contribution is -2.20. The first-order valence-corrected chi connectivity index (χ1v) is 9.58. The molecule has 5 rings (SSSR count). The Kier molecular flexibility index (Phi) is 4.46. The summed E-state index contributed by atoms with van der Waals surface area (Å²) in [4.78, 5) is 12.8. The number of rotatable bonds is 5. The third-order valence-electron chi connectivity index (χ3n) is 5.65. The number of fused-ring (bicyclic) bond motifs is 2. The molecule has 0 saturated carbocycles. The summed E-state index contributed by atoms with van der Waals surface area (Å²) in [5.74, 6) is 1.98. The largest absolute Gasteiger partial charge is 0.493 e. The highest BCUT2D eigenvalue weighted by Gasteiger charge is 2.42. The van der Waals surface area contributed by atoms with Gasteiger partial charge in [0.2, 0.25) is 18.3 Å². The van der Waals surface area contributed by atoms with Crippen LogP contribution in [0.4, 0.5) is 5.69 Å². The Labute approximate surface area is 178 Å². The Morgan fingerprint density at radius 3 is 2.23 bits per heavy atom. The molecule has 1 N–H and O–H groups in total. The summed E-state index contributed by atoms with van der Waals surface area (Å²) >= 11 is 0. The van der Waals surface area contributed by atoms with E-state index in [1.165, 1.54) is 28.4 Å². The molecule has 31 heavy (non-hydrogen) atoms. The quantitative estimate of drug-likeness (QED) is 0.723. The van der Waals surface area contributed by atoms with E-state index in [0.29, 0.717) is 51.3 Å². The predicted molar refractivity (Wildman–Crippen MR) is 109 cm³/mol. The maximum atomic E-state index is 12.8. The minimum absolute atomic E-state index is 0.144. The van der Waals surface area contributed by atoms with Gasteiger partial charge in [0, 0.05) is 23.2 Å². The number of ether oxygens (including phenoxy) is 7. The maximum Gasteiger partial charge on any atom is 0.337 e. The molecule has 0 spiro atoms. The van der Waals surface area contributed by atoms with Crippen molar-refractivity contribution in [3.05, 3.63) is 40.6 Å². The number of carbonyl (C=O) groups is 1. The summed E-state index contributed by atoms with van der Waals surface area (Å²) in [6, 6.07) is 5.52. The molecule has 3 aliphatic heterocycles. The van der Waals surface area contributed by atoms with Crippen molar-refractivity contribution in [3.63, 3.8) is 0 Å². The van der Waals surface area contributed by atoms with Crippen molar-refractivity contribution >= 4 is 11.7 Å². The Bertz CT molecular complexity index is 1120. The number of anilines is 1. The average molecular weight is 427 g/mol. The summed E-state index contributed by atoms with van der Waals surface area (Å²) in [7, 11) is 6.12. The number of cyclic esters (lactones) is 1. The van der Waals surface area contributed by atoms with Gasteiger partial charge in [0.15, 0.2) is 23.0 Å². The third-order valence-corrected chi connectivity index (χ3v) is 5.65. The van der Waals surface area contributed by atoms with Crippen molar-refractivity contribution < 1.29 is 38.0 Å². The molecule has 9 heteroatoms. The lowest BCUT2D eigenvalue weighted by Gasteiger charge is -2.29. The lowest BCUT2D eigenvalue weighted by atomic mass is 9.80. The van der Waals surface area contributed by atoms with Crippen LogP contribution in [0.3, 0.4) is 0 Å². The molecule has 3 heterocycles. The lowest BCUT2D eigenvalue weighted by molar-refractivity contribution is -0.136. The molecule has 162 valence electrons. The van der Waals surface area contributed by atoms with E-state index in [2.05, 4.69) is 5.32 Å². The second kappa shape index (κ2) is 7.19. The van der Waals surface area contributed by atoms with Gasteiger partial charge in [-0.25, -0.2) is 4.79 Å². The summed E-state index contributed by atoms with van der Waals surface area (Å²) in [5.41, 5.74) is 3.47. The highest BCUT2D eigenvalue weighted by atomic mass is 16.7. The van der Waals surface area contributed by atoms with Crippen LogP contribution in [0, 0.1) is 0 Å². The standard InChI is InChI=1S/C22H21NO8/c1-25-16-6-11(19(26-2)21(28-4)20(16)27-3)17-10-5-14-15(31-9-30-14)7-12(10)23-13-8-29-22(24)18(13)17/h5-7,17,23H,8-9H2,1-4H3/t17-/m0/s1. The molecule has 0 aliphatic carbocycles. The molecule has 0 unspecified atom stereocenters. The maximum absolute atomic E-state index is 12.8. The highest BCUT2D eigenvalue weighted by Crippen LogP contribution is 2.55. The number of hydrogen-bond acceptors (Lipinski definition) is 9. The topological polar surface area (TPSA) is 93.7 Å². The Balaban J connectivity index is 1.80. The number of carbonyl (C=O) groups excluding carboxylic acids is 1. The zero-order chi connectivity index (χ0) is 21.7. The molecule has 0 fully saturated rings. The zero-order valence-corrected chi connectivity index (χ0v) is 17.5. The van der Waals surface area contributed by atoms with Crippen molar-refractivity contribution in [2.24, 2.45) is 0 Å². The summed E-state index contributed by atoms with van der Waals surface area (Å²) < 4.78 is 38.9. The smallest absolute Gasteiger partial charge is 0.337 e. The summed E-state index contributed by atoms with van der Waals surface area (Å²) in [6.45, 7) is 0.302. The van der Waals surface area contributed by atoms with Crippen LogP contribution in [0.25, 0.3) is 0 Å². The minimum atomic E-state index is -0.514. The highest BCUT2D eigenvalue weighted by molar-refractivity contribution is 5.98. The average Bonchev–Trinajstić information content (AvgIpc) is 3.40. The molecule has 2 aromatic rings. The fourth-order valence-corrected chi connectivity index (χ4v) is 4.33. The van der Waals surface area contributed by atoms with Crippen molar-refractivity contribution in [2.45, 2.75) is 5.92 Å². The van der Waals surface area contributed by atoms with Gasteiger partial charge >= 0.3 is 5.97 Å². The third kappa shape index (κ3) is 2.73. The molecule has 2 aromatic carbocycles. The van der Waals surface area contributed by atoms with Crippen molar-refractivity contribution in [1.82, 2.24) is 0 Å². The first-order valence-electron chi connectivity index (χ1n) is 9.58. The fourth-order valence-electron chi connectivity index (χ4n) is 4.33. The SMILES string of the molecule is COc1cc([C@H]2C3=C(COC3=O)Nc3cc4c(cc32)OCO4)c(OC)c(OC)c1OC. The molecule has 0 radical (unpaired) electrons. The molecular weight excluding hydrogens is 406 g/mol. The van der Waals surface area contributed by atoms with Gasteiger partial charge in [-0.05, 0) is 17.7 Å².